The summed E-state index contributed by atoms with van der Waals surface area (Å²) in [7, 11) is 4.01. The molecule has 2 heterocycles. The quantitative estimate of drug-likeness (QED) is 0.515. The number of hydrogen-bond donors (Lipinski definition) is 1. The maximum Gasteiger partial charge on any atom is 0.278 e. The Morgan fingerprint density at radius 2 is 1.70 bits per heavy atom. The first-order valence-electron chi connectivity index (χ1n) is 9.62. The summed E-state index contributed by atoms with van der Waals surface area (Å²) < 4.78 is 3.39. The normalized spacial score (nSPS) is 10.7. The zero-order chi connectivity index (χ0) is 20.9. The van der Waals surface area contributed by atoms with Crippen LogP contribution in [0.2, 0.25) is 0 Å². The number of carbonyl (C=O) groups is 1. The Balaban J connectivity index is 1.41. The summed E-state index contributed by atoms with van der Waals surface area (Å²) in [6, 6.07) is 19.9. The summed E-state index contributed by atoms with van der Waals surface area (Å²) in [5.41, 5.74) is 3.57. The van der Waals surface area contributed by atoms with Gasteiger partial charge in [0.1, 0.15) is 5.82 Å². The van der Waals surface area contributed by atoms with Crippen LogP contribution in [0, 0.1) is 0 Å². The zero-order valence-corrected chi connectivity index (χ0v) is 16.9. The second-order valence-electron chi connectivity index (χ2n) is 7.18. The van der Waals surface area contributed by atoms with Crippen LogP contribution in [0.15, 0.2) is 73.1 Å². The van der Waals surface area contributed by atoms with Crippen molar-refractivity contribution in [2.45, 2.75) is 13.1 Å². The number of carbonyl (C=O) groups excluding carboxylic acids is 1. The summed E-state index contributed by atoms with van der Waals surface area (Å²) in [5.74, 6) is 0.285. The molecule has 0 bridgehead atoms. The van der Waals surface area contributed by atoms with Gasteiger partial charge in [0.05, 0.1) is 25.5 Å². The van der Waals surface area contributed by atoms with Gasteiger partial charge in [-0.2, -0.15) is 5.10 Å². The zero-order valence-electron chi connectivity index (χ0n) is 16.9. The second kappa shape index (κ2) is 8.60. The lowest BCUT2D eigenvalue weighted by molar-refractivity contribution is 0.102. The lowest BCUT2D eigenvalue weighted by Gasteiger charge is -2.13. The van der Waals surface area contributed by atoms with E-state index in [1.54, 1.807) is 27.8 Å². The monoisotopic (exact) mass is 401 g/mol. The van der Waals surface area contributed by atoms with Crippen LogP contribution in [-0.2, 0) is 13.1 Å². The van der Waals surface area contributed by atoms with Crippen molar-refractivity contribution < 1.29 is 4.79 Å². The molecule has 0 atom stereocenters. The Bertz CT molecular complexity index is 1110. The Labute approximate surface area is 174 Å². The molecule has 0 saturated heterocycles. The molecular formula is C22H23N7O. The Morgan fingerprint density at radius 3 is 2.43 bits per heavy atom. The molecule has 4 aromatic rings. The highest BCUT2D eigenvalue weighted by atomic mass is 16.2. The largest absolute Gasteiger partial charge is 0.378 e. The van der Waals surface area contributed by atoms with Crippen molar-refractivity contribution in [3.8, 4) is 0 Å². The van der Waals surface area contributed by atoms with Crippen LogP contribution in [-0.4, -0.2) is 44.8 Å². The average molecular weight is 401 g/mol. The maximum absolute atomic E-state index is 12.6. The Kier molecular flexibility index (Phi) is 5.56. The van der Waals surface area contributed by atoms with E-state index in [9.17, 15) is 4.79 Å². The highest BCUT2D eigenvalue weighted by Gasteiger charge is 2.14. The van der Waals surface area contributed by atoms with Crippen LogP contribution in [0.25, 0.3) is 0 Å². The van der Waals surface area contributed by atoms with Crippen LogP contribution in [0.1, 0.15) is 21.6 Å². The van der Waals surface area contributed by atoms with Crippen molar-refractivity contribution in [2.75, 3.05) is 24.3 Å². The van der Waals surface area contributed by atoms with E-state index < -0.39 is 0 Å². The van der Waals surface area contributed by atoms with Crippen LogP contribution in [0.3, 0.4) is 0 Å². The molecule has 2 aromatic carbocycles. The van der Waals surface area contributed by atoms with Crippen molar-refractivity contribution in [1.29, 1.82) is 0 Å². The molecule has 0 aliphatic heterocycles. The number of aromatic nitrogens is 5. The molecule has 0 spiro atoms. The van der Waals surface area contributed by atoms with Gasteiger partial charge in [-0.05, 0) is 23.3 Å². The topological polar surface area (TPSA) is 80.9 Å². The molecule has 0 unspecified atom stereocenters. The molecule has 0 saturated carbocycles. The fourth-order valence-corrected chi connectivity index (χ4v) is 3.07. The van der Waals surface area contributed by atoms with E-state index in [4.69, 9.17) is 0 Å². The fourth-order valence-electron chi connectivity index (χ4n) is 3.07. The summed E-state index contributed by atoms with van der Waals surface area (Å²) in [5, 5.41) is 15.3. The van der Waals surface area contributed by atoms with Gasteiger partial charge in [-0.25, -0.2) is 9.36 Å². The van der Waals surface area contributed by atoms with Crippen molar-refractivity contribution in [2.24, 2.45) is 0 Å². The molecule has 1 N–H and O–H groups in total. The first-order valence-corrected chi connectivity index (χ1v) is 9.62. The molecule has 1 amide bonds. The molecular weight excluding hydrogens is 378 g/mol. The Morgan fingerprint density at radius 1 is 0.967 bits per heavy atom. The number of amides is 1. The molecule has 30 heavy (non-hydrogen) atoms. The van der Waals surface area contributed by atoms with Crippen molar-refractivity contribution in [3.63, 3.8) is 0 Å². The molecule has 0 aliphatic carbocycles. The summed E-state index contributed by atoms with van der Waals surface area (Å²) in [6.45, 7) is 1.11. The van der Waals surface area contributed by atoms with Gasteiger partial charge in [-0.1, -0.05) is 47.7 Å². The van der Waals surface area contributed by atoms with E-state index in [2.05, 4.69) is 45.0 Å². The van der Waals surface area contributed by atoms with E-state index in [-0.39, 0.29) is 11.6 Å². The third kappa shape index (κ3) is 4.54. The molecule has 0 fully saturated rings. The minimum absolute atomic E-state index is 0.258. The van der Waals surface area contributed by atoms with Gasteiger partial charge in [0, 0.05) is 25.8 Å². The van der Waals surface area contributed by atoms with Crippen molar-refractivity contribution >= 4 is 17.4 Å². The van der Waals surface area contributed by atoms with Gasteiger partial charge in [-0.15, -0.1) is 5.10 Å². The van der Waals surface area contributed by atoms with E-state index in [0.717, 1.165) is 16.8 Å². The number of nitrogens with zero attached hydrogens (tertiary/aromatic N) is 6. The van der Waals surface area contributed by atoms with Gasteiger partial charge in [0.2, 0.25) is 0 Å². The number of rotatable bonds is 7. The SMILES string of the molecule is CN(C)c1ccc(Cn2nccc2NC(=O)c2cn(Cc3ccccc3)nn2)cc1. The van der Waals surface area contributed by atoms with Crippen LogP contribution in [0.4, 0.5) is 11.5 Å². The number of hydrogen-bond acceptors (Lipinski definition) is 5. The number of benzene rings is 2. The van der Waals surface area contributed by atoms with Crippen molar-refractivity contribution in [3.05, 3.63) is 89.9 Å². The van der Waals surface area contributed by atoms with Crippen LogP contribution < -0.4 is 10.2 Å². The van der Waals surface area contributed by atoms with Crippen molar-refractivity contribution in [1.82, 2.24) is 24.8 Å². The molecule has 0 radical (unpaired) electrons. The Hall–Kier alpha value is -3.94. The minimum atomic E-state index is -0.320. The minimum Gasteiger partial charge on any atom is -0.378 e. The maximum atomic E-state index is 12.6. The predicted octanol–water partition coefficient (Wildman–Crippen LogP) is 2.89. The van der Waals surface area contributed by atoms with E-state index in [1.807, 2.05) is 49.3 Å². The molecule has 152 valence electrons. The average Bonchev–Trinajstić information content (AvgIpc) is 3.39. The predicted molar refractivity (Wildman–Crippen MR) is 116 cm³/mol. The molecule has 4 rings (SSSR count). The molecule has 8 heteroatoms. The first-order chi connectivity index (χ1) is 14.6. The first kappa shape index (κ1) is 19.4. The van der Waals surface area contributed by atoms with Gasteiger partial charge in [-0.3, -0.25) is 4.79 Å². The fraction of sp³-hybridized carbons (Fsp3) is 0.182. The highest BCUT2D eigenvalue weighted by molar-refractivity contribution is 6.02. The smallest absolute Gasteiger partial charge is 0.278 e. The van der Waals surface area contributed by atoms with Crippen LogP contribution in [0.5, 0.6) is 0 Å². The molecule has 0 aliphatic rings. The van der Waals surface area contributed by atoms with Crippen LogP contribution >= 0.6 is 0 Å². The van der Waals surface area contributed by atoms with Gasteiger partial charge < -0.3 is 10.2 Å². The molecule has 8 nitrogen and oxygen atoms in total. The summed E-state index contributed by atoms with van der Waals surface area (Å²) >= 11 is 0. The van der Waals surface area contributed by atoms with E-state index in [1.165, 1.54) is 0 Å². The standard InChI is InChI=1S/C22H23N7O/c1-27(2)19-10-8-18(9-11-19)15-29-21(12-13-23-29)24-22(30)20-16-28(26-25-20)14-17-6-4-3-5-7-17/h3-13,16H,14-15H2,1-2H3,(H,24,30). The van der Waals surface area contributed by atoms with Gasteiger partial charge in [0.15, 0.2) is 5.69 Å². The lowest BCUT2D eigenvalue weighted by atomic mass is 10.2. The third-order valence-corrected chi connectivity index (χ3v) is 4.70. The number of anilines is 2. The molecule has 2 aromatic heterocycles. The van der Waals surface area contributed by atoms with Gasteiger partial charge in [0.25, 0.3) is 5.91 Å². The number of nitrogens with one attached hydrogen (secondary N) is 1. The van der Waals surface area contributed by atoms with E-state index in [0.29, 0.717) is 18.9 Å². The lowest BCUT2D eigenvalue weighted by Crippen LogP contribution is -2.16. The van der Waals surface area contributed by atoms with Gasteiger partial charge >= 0.3 is 0 Å². The summed E-state index contributed by atoms with van der Waals surface area (Å²) in [4.78, 5) is 14.7. The van der Waals surface area contributed by atoms with E-state index >= 15 is 0 Å². The second-order valence-corrected chi connectivity index (χ2v) is 7.18. The summed E-state index contributed by atoms with van der Waals surface area (Å²) in [6.07, 6.45) is 3.30. The highest BCUT2D eigenvalue weighted by Crippen LogP contribution is 2.15. The third-order valence-electron chi connectivity index (χ3n) is 4.70.